The summed E-state index contributed by atoms with van der Waals surface area (Å²) >= 11 is 1.68. The summed E-state index contributed by atoms with van der Waals surface area (Å²) in [4.78, 5) is 21.5. The number of furan rings is 1. The molecule has 0 unspecified atom stereocenters. The molecule has 26 heavy (non-hydrogen) atoms. The summed E-state index contributed by atoms with van der Waals surface area (Å²) in [6.07, 6.45) is 6.47. The number of hydrogen-bond donors (Lipinski definition) is 1. The van der Waals surface area contributed by atoms with Gasteiger partial charge in [0, 0.05) is 37.6 Å². The van der Waals surface area contributed by atoms with Gasteiger partial charge in [0.25, 0.3) is 0 Å². The van der Waals surface area contributed by atoms with Crippen LogP contribution in [0.25, 0.3) is 11.5 Å². The van der Waals surface area contributed by atoms with E-state index in [1.54, 1.807) is 17.6 Å². The quantitative estimate of drug-likeness (QED) is 0.842. The predicted octanol–water partition coefficient (Wildman–Crippen LogP) is 2.58. The van der Waals surface area contributed by atoms with Crippen molar-refractivity contribution >= 4 is 17.2 Å². The molecular formula is C19H26N4O2S. The lowest BCUT2D eigenvalue weighted by molar-refractivity contribution is -0.123. The van der Waals surface area contributed by atoms with E-state index in [2.05, 4.69) is 25.5 Å². The molecule has 7 heteroatoms. The summed E-state index contributed by atoms with van der Waals surface area (Å²) in [7, 11) is 0. The van der Waals surface area contributed by atoms with E-state index in [9.17, 15) is 4.79 Å². The van der Waals surface area contributed by atoms with Crippen LogP contribution in [0.3, 0.4) is 0 Å². The van der Waals surface area contributed by atoms with Crippen molar-refractivity contribution in [2.75, 3.05) is 32.7 Å². The van der Waals surface area contributed by atoms with Gasteiger partial charge in [-0.05, 0) is 25.0 Å². The molecule has 1 aliphatic heterocycles. The number of aromatic nitrogens is 1. The van der Waals surface area contributed by atoms with Gasteiger partial charge in [-0.2, -0.15) is 0 Å². The first-order valence-corrected chi connectivity index (χ1v) is 10.4. The first kappa shape index (κ1) is 17.7. The van der Waals surface area contributed by atoms with Crippen LogP contribution >= 0.6 is 11.3 Å². The van der Waals surface area contributed by atoms with Gasteiger partial charge in [0.1, 0.15) is 10.7 Å². The fourth-order valence-electron chi connectivity index (χ4n) is 3.76. The molecule has 0 spiro atoms. The second kappa shape index (κ2) is 8.33. The summed E-state index contributed by atoms with van der Waals surface area (Å²) < 4.78 is 5.41. The third-order valence-electron chi connectivity index (χ3n) is 5.24. The van der Waals surface area contributed by atoms with Gasteiger partial charge in [-0.1, -0.05) is 12.8 Å². The molecular weight excluding hydrogens is 348 g/mol. The highest BCUT2D eigenvalue weighted by Crippen LogP contribution is 2.23. The highest BCUT2D eigenvalue weighted by molar-refractivity contribution is 7.09. The molecule has 4 rings (SSSR count). The van der Waals surface area contributed by atoms with E-state index in [4.69, 9.17) is 4.42 Å². The Kier molecular flexibility index (Phi) is 5.67. The van der Waals surface area contributed by atoms with E-state index < -0.39 is 0 Å². The average molecular weight is 375 g/mol. The zero-order chi connectivity index (χ0) is 17.8. The van der Waals surface area contributed by atoms with Gasteiger partial charge < -0.3 is 9.73 Å². The zero-order valence-electron chi connectivity index (χ0n) is 15.0. The molecule has 0 atom stereocenters. The zero-order valence-corrected chi connectivity index (χ0v) is 15.8. The molecule has 0 bridgehead atoms. The standard InChI is InChI=1S/C19H26N4O2S/c24-18(20-15-4-1-2-5-15)12-22-7-9-23(10-8-22)13-19-21-16(14-26-19)17-6-3-11-25-17/h3,6,11,14-15H,1-2,4-5,7-10,12-13H2,(H,20,24). The number of rotatable bonds is 6. The Morgan fingerprint density at radius 2 is 2.00 bits per heavy atom. The number of piperazine rings is 1. The van der Waals surface area contributed by atoms with Crippen LogP contribution in [0, 0.1) is 0 Å². The van der Waals surface area contributed by atoms with Gasteiger partial charge in [-0.25, -0.2) is 4.98 Å². The maximum absolute atomic E-state index is 12.2. The van der Waals surface area contributed by atoms with Crippen molar-refractivity contribution in [2.24, 2.45) is 0 Å². The highest BCUT2D eigenvalue weighted by atomic mass is 32.1. The largest absolute Gasteiger partial charge is 0.463 e. The molecule has 0 aromatic carbocycles. The first-order valence-electron chi connectivity index (χ1n) is 9.48. The fourth-order valence-corrected chi connectivity index (χ4v) is 4.59. The summed E-state index contributed by atoms with van der Waals surface area (Å²) in [5.74, 6) is 1.01. The molecule has 2 aromatic rings. The number of carbonyl (C=O) groups is 1. The Hall–Kier alpha value is -1.70. The van der Waals surface area contributed by atoms with Crippen molar-refractivity contribution < 1.29 is 9.21 Å². The lowest BCUT2D eigenvalue weighted by atomic mass is 10.2. The smallest absolute Gasteiger partial charge is 0.234 e. The minimum atomic E-state index is 0.188. The highest BCUT2D eigenvalue weighted by Gasteiger charge is 2.22. The minimum Gasteiger partial charge on any atom is -0.463 e. The van der Waals surface area contributed by atoms with Gasteiger partial charge in [0.2, 0.25) is 5.91 Å². The Balaban J connectivity index is 1.20. The van der Waals surface area contributed by atoms with Crippen molar-refractivity contribution in [1.29, 1.82) is 0 Å². The molecule has 3 heterocycles. The number of amides is 1. The Morgan fingerprint density at radius 3 is 2.73 bits per heavy atom. The normalized spacial score (nSPS) is 19.8. The molecule has 1 saturated carbocycles. The van der Waals surface area contributed by atoms with Crippen LogP contribution in [0.2, 0.25) is 0 Å². The van der Waals surface area contributed by atoms with Crippen molar-refractivity contribution in [3.8, 4) is 11.5 Å². The summed E-state index contributed by atoms with van der Waals surface area (Å²) in [6, 6.07) is 4.24. The van der Waals surface area contributed by atoms with Gasteiger partial charge in [0.05, 0.1) is 19.4 Å². The van der Waals surface area contributed by atoms with E-state index in [0.717, 1.165) is 62.0 Å². The molecule has 2 fully saturated rings. The topological polar surface area (TPSA) is 61.6 Å². The third-order valence-corrected chi connectivity index (χ3v) is 6.07. The molecule has 2 aliphatic rings. The maximum atomic E-state index is 12.2. The van der Waals surface area contributed by atoms with Crippen LogP contribution in [0.1, 0.15) is 30.7 Å². The SMILES string of the molecule is O=C(CN1CCN(Cc2nc(-c3ccco3)cs2)CC1)NC1CCCC1. The minimum absolute atomic E-state index is 0.188. The predicted molar refractivity (Wildman–Crippen MR) is 102 cm³/mol. The van der Waals surface area contributed by atoms with E-state index >= 15 is 0 Å². The number of hydrogen-bond acceptors (Lipinski definition) is 6. The molecule has 2 aromatic heterocycles. The lowest BCUT2D eigenvalue weighted by Crippen LogP contribution is -2.50. The van der Waals surface area contributed by atoms with Crippen molar-refractivity contribution in [3.63, 3.8) is 0 Å². The summed E-state index contributed by atoms with van der Waals surface area (Å²) in [5.41, 5.74) is 0.914. The molecule has 0 radical (unpaired) electrons. The van der Waals surface area contributed by atoms with Gasteiger partial charge in [-0.3, -0.25) is 14.6 Å². The van der Waals surface area contributed by atoms with E-state index in [0.29, 0.717) is 12.6 Å². The summed E-state index contributed by atoms with van der Waals surface area (Å²) in [5, 5.41) is 6.35. The number of nitrogens with one attached hydrogen (secondary N) is 1. The second-order valence-electron chi connectivity index (χ2n) is 7.20. The Labute approximate surface area is 158 Å². The van der Waals surface area contributed by atoms with Gasteiger partial charge in [0.15, 0.2) is 5.76 Å². The van der Waals surface area contributed by atoms with Crippen molar-refractivity contribution in [1.82, 2.24) is 20.1 Å². The van der Waals surface area contributed by atoms with Crippen LogP contribution in [-0.4, -0.2) is 59.5 Å². The van der Waals surface area contributed by atoms with Crippen LogP contribution in [-0.2, 0) is 11.3 Å². The average Bonchev–Trinajstić information content (AvgIpc) is 3.38. The van der Waals surface area contributed by atoms with Crippen molar-refractivity contribution in [2.45, 2.75) is 38.3 Å². The van der Waals surface area contributed by atoms with E-state index in [1.165, 1.54) is 12.8 Å². The van der Waals surface area contributed by atoms with E-state index in [-0.39, 0.29) is 5.91 Å². The Bertz CT molecular complexity index is 701. The Morgan fingerprint density at radius 1 is 1.23 bits per heavy atom. The number of carbonyl (C=O) groups excluding carboxylic acids is 1. The molecule has 1 amide bonds. The monoisotopic (exact) mass is 374 g/mol. The van der Waals surface area contributed by atoms with Gasteiger partial charge in [-0.15, -0.1) is 11.3 Å². The fraction of sp³-hybridized carbons (Fsp3) is 0.579. The third kappa shape index (κ3) is 4.52. The van der Waals surface area contributed by atoms with Crippen molar-refractivity contribution in [3.05, 3.63) is 28.8 Å². The van der Waals surface area contributed by atoms with Crippen LogP contribution in [0.15, 0.2) is 28.2 Å². The lowest BCUT2D eigenvalue weighted by Gasteiger charge is -2.34. The molecule has 6 nitrogen and oxygen atoms in total. The molecule has 1 saturated heterocycles. The van der Waals surface area contributed by atoms with Crippen LogP contribution < -0.4 is 5.32 Å². The summed E-state index contributed by atoms with van der Waals surface area (Å²) in [6.45, 7) is 5.24. The first-order chi connectivity index (χ1) is 12.8. The maximum Gasteiger partial charge on any atom is 0.234 e. The van der Waals surface area contributed by atoms with E-state index in [1.807, 2.05) is 12.1 Å². The second-order valence-corrected chi connectivity index (χ2v) is 8.15. The molecule has 1 N–H and O–H groups in total. The molecule has 140 valence electrons. The number of thiazole rings is 1. The van der Waals surface area contributed by atoms with Crippen LogP contribution in [0.4, 0.5) is 0 Å². The molecule has 1 aliphatic carbocycles. The number of nitrogens with zero attached hydrogens (tertiary/aromatic N) is 3. The van der Waals surface area contributed by atoms with Crippen LogP contribution in [0.5, 0.6) is 0 Å². The van der Waals surface area contributed by atoms with Gasteiger partial charge >= 0.3 is 0 Å².